The maximum Gasteiger partial charge on any atom is 0.267 e. The molecule has 1 amide bonds. The van der Waals surface area contributed by atoms with Crippen molar-refractivity contribution in [2.75, 3.05) is 37.6 Å². The Morgan fingerprint density at radius 1 is 1.07 bits per heavy atom. The normalized spacial score (nSPS) is 15.3. The molecule has 1 aliphatic rings. The number of hydroxylamine groups is 1. The molecule has 27 heavy (non-hydrogen) atoms. The second-order valence-electron chi connectivity index (χ2n) is 6.57. The van der Waals surface area contributed by atoms with E-state index in [4.69, 9.17) is 16.8 Å². The summed E-state index contributed by atoms with van der Waals surface area (Å²) in [6, 6.07) is 16.1. The summed E-state index contributed by atoms with van der Waals surface area (Å²) in [5, 5.41) is 9.41. The van der Waals surface area contributed by atoms with E-state index in [9.17, 15) is 4.79 Å². The second kappa shape index (κ2) is 9.55. The summed E-state index contributed by atoms with van der Waals surface area (Å²) in [7, 11) is 0. The Balaban J connectivity index is 1.55. The fraction of sp³-hybridized carbons (Fsp3) is 0.286. The zero-order valence-corrected chi connectivity index (χ0v) is 15.9. The lowest BCUT2D eigenvalue weighted by Gasteiger charge is -2.36. The number of carbonyl (C=O) groups is 1. The van der Waals surface area contributed by atoms with Crippen molar-refractivity contribution in [2.24, 2.45) is 0 Å². The van der Waals surface area contributed by atoms with Gasteiger partial charge in [0, 0.05) is 49.5 Å². The zero-order chi connectivity index (χ0) is 19.1. The number of carbonyl (C=O) groups excluding carboxylic acids is 1. The number of piperazine rings is 1. The molecule has 6 heteroatoms. The lowest BCUT2D eigenvalue weighted by Crippen LogP contribution is -2.47. The standard InChI is InChI=1S/C21H24ClN3O2/c22-19-8-5-17(6-9-19)11-12-24-13-15-25(16-14-24)20-4-2-1-3-18(20)7-10-21(26)23-27/h1-10,27H,11-16H2,(H,23,26). The molecule has 0 atom stereocenters. The Labute approximate surface area is 164 Å². The van der Waals surface area contributed by atoms with Crippen LogP contribution in [0.15, 0.2) is 54.6 Å². The summed E-state index contributed by atoms with van der Waals surface area (Å²) in [4.78, 5) is 16.1. The smallest absolute Gasteiger partial charge is 0.267 e. The van der Waals surface area contributed by atoms with Gasteiger partial charge in [-0.15, -0.1) is 0 Å². The van der Waals surface area contributed by atoms with Crippen molar-refractivity contribution in [3.8, 4) is 0 Å². The first kappa shape index (κ1) is 19.4. The Morgan fingerprint density at radius 3 is 2.48 bits per heavy atom. The van der Waals surface area contributed by atoms with Crippen LogP contribution < -0.4 is 10.4 Å². The number of amides is 1. The van der Waals surface area contributed by atoms with E-state index in [-0.39, 0.29) is 0 Å². The van der Waals surface area contributed by atoms with Crippen LogP contribution in [0.4, 0.5) is 5.69 Å². The molecule has 1 aliphatic heterocycles. The quantitative estimate of drug-likeness (QED) is 0.455. The minimum atomic E-state index is -0.531. The molecule has 0 spiro atoms. The predicted octanol–water partition coefficient (Wildman–Crippen LogP) is 3.22. The third-order valence-electron chi connectivity index (χ3n) is 4.80. The van der Waals surface area contributed by atoms with Crippen molar-refractivity contribution >= 4 is 29.3 Å². The molecule has 0 aliphatic carbocycles. The second-order valence-corrected chi connectivity index (χ2v) is 7.01. The average Bonchev–Trinajstić information content (AvgIpc) is 2.72. The largest absolute Gasteiger partial charge is 0.368 e. The van der Waals surface area contributed by atoms with Gasteiger partial charge in [0.15, 0.2) is 0 Å². The molecule has 2 aromatic carbocycles. The Morgan fingerprint density at radius 2 is 1.78 bits per heavy atom. The van der Waals surface area contributed by atoms with E-state index >= 15 is 0 Å². The molecule has 5 nitrogen and oxygen atoms in total. The van der Waals surface area contributed by atoms with Crippen LogP contribution in [0.1, 0.15) is 11.1 Å². The van der Waals surface area contributed by atoms with E-state index in [0.29, 0.717) is 0 Å². The highest BCUT2D eigenvalue weighted by atomic mass is 35.5. The van der Waals surface area contributed by atoms with E-state index < -0.39 is 5.91 Å². The van der Waals surface area contributed by atoms with Crippen LogP contribution in [-0.4, -0.2) is 48.7 Å². The van der Waals surface area contributed by atoms with E-state index in [1.807, 2.05) is 30.3 Å². The molecule has 0 saturated carbocycles. The maximum atomic E-state index is 11.2. The highest BCUT2D eigenvalue weighted by Gasteiger charge is 2.18. The first-order valence-electron chi connectivity index (χ1n) is 9.08. The summed E-state index contributed by atoms with van der Waals surface area (Å²) in [6.07, 6.45) is 4.09. The van der Waals surface area contributed by atoms with Crippen molar-refractivity contribution in [1.82, 2.24) is 10.4 Å². The lowest BCUT2D eigenvalue weighted by atomic mass is 10.1. The fourth-order valence-corrected chi connectivity index (χ4v) is 3.40. The highest BCUT2D eigenvalue weighted by Crippen LogP contribution is 2.23. The fourth-order valence-electron chi connectivity index (χ4n) is 3.27. The van der Waals surface area contributed by atoms with Crippen LogP contribution in [0.5, 0.6) is 0 Å². The number of para-hydroxylation sites is 1. The number of nitrogens with one attached hydrogen (secondary N) is 1. The monoisotopic (exact) mass is 385 g/mol. The predicted molar refractivity (Wildman–Crippen MR) is 109 cm³/mol. The number of benzene rings is 2. The summed E-state index contributed by atoms with van der Waals surface area (Å²) in [5.41, 5.74) is 5.00. The Hall–Kier alpha value is -2.34. The maximum absolute atomic E-state index is 11.2. The zero-order valence-electron chi connectivity index (χ0n) is 15.1. The van der Waals surface area contributed by atoms with Gasteiger partial charge in [0.1, 0.15) is 0 Å². The Bertz CT molecular complexity index is 784. The van der Waals surface area contributed by atoms with Gasteiger partial charge in [-0.2, -0.15) is 0 Å². The summed E-state index contributed by atoms with van der Waals surface area (Å²) in [5.74, 6) is -0.531. The number of anilines is 1. The number of hydrogen-bond donors (Lipinski definition) is 2. The molecule has 0 unspecified atom stereocenters. The van der Waals surface area contributed by atoms with Crippen molar-refractivity contribution in [1.29, 1.82) is 0 Å². The summed E-state index contributed by atoms with van der Waals surface area (Å²) >= 11 is 5.94. The number of hydrogen-bond acceptors (Lipinski definition) is 4. The van der Waals surface area contributed by atoms with Gasteiger partial charge in [-0.25, -0.2) is 5.48 Å². The van der Waals surface area contributed by atoms with Gasteiger partial charge in [-0.05, 0) is 41.8 Å². The molecule has 2 N–H and O–H groups in total. The third kappa shape index (κ3) is 5.57. The van der Waals surface area contributed by atoms with Crippen LogP contribution in [0.3, 0.4) is 0 Å². The average molecular weight is 386 g/mol. The van der Waals surface area contributed by atoms with E-state index in [0.717, 1.165) is 55.4 Å². The van der Waals surface area contributed by atoms with E-state index in [1.54, 1.807) is 11.6 Å². The highest BCUT2D eigenvalue weighted by molar-refractivity contribution is 6.30. The molecule has 142 valence electrons. The summed E-state index contributed by atoms with van der Waals surface area (Å²) < 4.78 is 0. The number of rotatable bonds is 6. The third-order valence-corrected chi connectivity index (χ3v) is 5.06. The minimum absolute atomic E-state index is 0.531. The van der Waals surface area contributed by atoms with Gasteiger partial charge in [0.2, 0.25) is 0 Å². The van der Waals surface area contributed by atoms with Crippen LogP contribution in [0.2, 0.25) is 5.02 Å². The van der Waals surface area contributed by atoms with Gasteiger partial charge < -0.3 is 4.90 Å². The molecule has 1 heterocycles. The molecule has 0 radical (unpaired) electrons. The molecule has 3 rings (SSSR count). The SMILES string of the molecule is O=C(C=Cc1ccccc1N1CCN(CCc2ccc(Cl)cc2)CC1)NO. The van der Waals surface area contributed by atoms with Gasteiger partial charge in [0.25, 0.3) is 5.91 Å². The molecule has 2 aromatic rings. The molecule has 1 saturated heterocycles. The molecule has 0 bridgehead atoms. The van der Waals surface area contributed by atoms with Crippen LogP contribution in [0, 0.1) is 0 Å². The van der Waals surface area contributed by atoms with Gasteiger partial charge in [-0.3, -0.25) is 14.9 Å². The first-order chi connectivity index (χ1) is 13.2. The first-order valence-corrected chi connectivity index (χ1v) is 9.46. The van der Waals surface area contributed by atoms with Crippen LogP contribution in [-0.2, 0) is 11.2 Å². The topological polar surface area (TPSA) is 55.8 Å². The van der Waals surface area contributed by atoms with Crippen molar-refractivity contribution in [2.45, 2.75) is 6.42 Å². The molecular formula is C21H24ClN3O2. The molecule has 0 aromatic heterocycles. The van der Waals surface area contributed by atoms with Crippen LogP contribution >= 0.6 is 11.6 Å². The Kier molecular flexibility index (Phi) is 6.87. The van der Waals surface area contributed by atoms with Crippen LogP contribution in [0.25, 0.3) is 6.08 Å². The molecule has 1 fully saturated rings. The number of halogens is 1. The van der Waals surface area contributed by atoms with Crippen molar-refractivity contribution < 1.29 is 10.0 Å². The number of nitrogens with zero attached hydrogens (tertiary/aromatic N) is 2. The molecular weight excluding hydrogens is 362 g/mol. The van der Waals surface area contributed by atoms with Crippen molar-refractivity contribution in [3.05, 3.63) is 70.8 Å². The van der Waals surface area contributed by atoms with E-state index in [2.05, 4.69) is 28.0 Å². The van der Waals surface area contributed by atoms with Gasteiger partial charge in [-0.1, -0.05) is 41.9 Å². The van der Waals surface area contributed by atoms with E-state index in [1.165, 1.54) is 11.6 Å². The minimum Gasteiger partial charge on any atom is -0.368 e. The van der Waals surface area contributed by atoms with Gasteiger partial charge in [0.05, 0.1) is 0 Å². The summed E-state index contributed by atoms with van der Waals surface area (Å²) in [6.45, 7) is 4.93. The van der Waals surface area contributed by atoms with Crippen molar-refractivity contribution in [3.63, 3.8) is 0 Å². The van der Waals surface area contributed by atoms with Gasteiger partial charge >= 0.3 is 0 Å². The lowest BCUT2D eigenvalue weighted by molar-refractivity contribution is -0.124.